The zero-order chi connectivity index (χ0) is 15.7. The minimum absolute atomic E-state index is 0.292. The molecule has 6 atom stereocenters. The largest absolute Gasteiger partial charge is 0.462 e. The minimum atomic E-state index is -0.373. The summed E-state index contributed by atoms with van der Waals surface area (Å²) in [5.41, 5.74) is 0. The smallest absolute Gasteiger partial charge is 0.330 e. The van der Waals surface area contributed by atoms with Gasteiger partial charge in [-0.3, -0.25) is 0 Å². The molecular weight excluding hydrogens is 280 g/mol. The van der Waals surface area contributed by atoms with E-state index in [0.717, 1.165) is 24.2 Å². The number of hydrogen-bond donors (Lipinski definition) is 0. The number of esters is 2. The lowest BCUT2D eigenvalue weighted by Gasteiger charge is -2.29. The van der Waals surface area contributed by atoms with Crippen LogP contribution in [0.15, 0.2) is 25.3 Å². The quantitative estimate of drug-likeness (QED) is 0.559. The zero-order valence-corrected chi connectivity index (χ0v) is 12.9. The molecule has 0 heterocycles. The Labute approximate surface area is 131 Å². The Morgan fingerprint density at radius 2 is 1.59 bits per heavy atom. The SMILES string of the molecule is C=CC(=O)OCC1CC2C3CCC(C3)C2C1COC(=O)C=C. The van der Waals surface area contributed by atoms with E-state index < -0.39 is 0 Å². The fourth-order valence-corrected chi connectivity index (χ4v) is 5.23. The number of carbonyl (C=O) groups excluding carboxylic acids is 2. The Bertz CT molecular complexity index is 483. The van der Waals surface area contributed by atoms with Gasteiger partial charge in [-0.05, 0) is 55.3 Å². The first-order valence-electron chi connectivity index (χ1n) is 8.22. The molecule has 0 aromatic heterocycles. The molecule has 4 nitrogen and oxygen atoms in total. The molecule has 4 heteroatoms. The summed E-state index contributed by atoms with van der Waals surface area (Å²) in [5, 5.41) is 0. The van der Waals surface area contributed by atoms with E-state index >= 15 is 0 Å². The lowest BCUT2D eigenvalue weighted by molar-refractivity contribution is -0.143. The predicted molar refractivity (Wildman–Crippen MR) is 81.7 cm³/mol. The standard InChI is InChI=1S/C18H24O4/c1-3-16(19)21-9-13-8-14-11-5-6-12(7-11)18(14)15(13)10-22-17(20)4-2/h3-4,11-15,18H,1-2,5-10H2. The van der Waals surface area contributed by atoms with Crippen LogP contribution in [-0.2, 0) is 19.1 Å². The van der Waals surface area contributed by atoms with Crippen LogP contribution in [0.25, 0.3) is 0 Å². The molecule has 3 rings (SSSR count). The van der Waals surface area contributed by atoms with Gasteiger partial charge in [0, 0.05) is 18.1 Å². The molecule has 3 aliphatic rings. The molecular formula is C18H24O4. The second-order valence-corrected chi connectivity index (χ2v) is 6.90. The Morgan fingerprint density at radius 3 is 2.27 bits per heavy atom. The second kappa shape index (κ2) is 6.27. The summed E-state index contributed by atoms with van der Waals surface area (Å²) in [5.74, 6) is 2.80. The summed E-state index contributed by atoms with van der Waals surface area (Å²) in [6.07, 6.45) is 7.47. The van der Waals surface area contributed by atoms with E-state index in [2.05, 4.69) is 13.2 Å². The Balaban J connectivity index is 1.67. The maximum Gasteiger partial charge on any atom is 0.330 e. The maximum absolute atomic E-state index is 11.4. The lowest BCUT2D eigenvalue weighted by atomic mass is 9.77. The highest BCUT2D eigenvalue weighted by molar-refractivity contribution is 5.81. The first-order chi connectivity index (χ1) is 10.6. The Kier molecular flexibility index (Phi) is 4.37. The van der Waals surface area contributed by atoms with Crippen molar-refractivity contribution in [1.29, 1.82) is 0 Å². The van der Waals surface area contributed by atoms with Crippen molar-refractivity contribution in [2.45, 2.75) is 25.7 Å². The van der Waals surface area contributed by atoms with Crippen LogP contribution in [0, 0.1) is 35.5 Å². The molecule has 0 N–H and O–H groups in total. The van der Waals surface area contributed by atoms with Gasteiger partial charge < -0.3 is 9.47 Å². The number of rotatable bonds is 6. The first kappa shape index (κ1) is 15.3. The van der Waals surface area contributed by atoms with E-state index in [9.17, 15) is 9.59 Å². The second-order valence-electron chi connectivity index (χ2n) is 6.90. The number of ether oxygens (including phenoxy) is 2. The third-order valence-electron chi connectivity index (χ3n) is 6.02. The molecule has 3 aliphatic carbocycles. The van der Waals surface area contributed by atoms with Gasteiger partial charge in [0.05, 0.1) is 13.2 Å². The highest BCUT2D eigenvalue weighted by atomic mass is 16.5. The molecule has 3 fully saturated rings. The van der Waals surface area contributed by atoms with E-state index in [0.29, 0.717) is 31.0 Å². The van der Waals surface area contributed by atoms with Crippen LogP contribution in [0.3, 0.4) is 0 Å². The van der Waals surface area contributed by atoms with Gasteiger partial charge in [0.15, 0.2) is 0 Å². The maximum atomic E-state index is 11.4. The number of carbonyl (C=O) groups is 2. The van der Waals surface area contributed by atoms with E-state index in [4.69, 9.17) is 9.47 Å². The Hall–Kier alpha value is -1.58. The van der Waals surface area contributed by atoms with Crippen LogP contribution in [0.2, 0.25) is 0 Å². The van der Waals surface area contributed by atoms with Crippen molar-refractivity contribution in [3.8, 4) is 0 Å². The van der Waals surface area contributed by atoms with Crippen LogP contribution < -0.4 is 0 Å². The molecule has 0 aromatic rings. The van der Waals surface area contributed by atoms with E-state index in [1.807, 2.05) is 0 Å². The molecule has 0 spiro atoms. The topological polar surface area (TPSA) is 52.6 Å². The van der Waals surface area contributed by atoms with Gasteiger partial charge in [-0.15, -0.1) is 0 Å². The van der Waals surface area contributed by atoms with Gasteiger partial charge in [0.25, 0.3) is 0 Å². The summed E-state index contributed by atoms with van der Waals surface area (Å²) in [6.45, 7) is 7.71. The summed E-state index contributed by atoms with van der Waals surface area (Å²) in [7, 11) is 0. The van der Waals surface area contributed by atoms with Gasteiger partial charge in [0.1, 0.15) is 0 Å². The van der Waals surface area contributed by atoms with Gasteiger partial charge in [-0.2, -0.15) is 0 Å². The van der Waals surface area contributed by atoms with Crippen molar-refractivity contribution in [2.24, 2.45) is 35.5 Å². The molecule has 2 bridgehead atoms. The van der Waals surface area contributed by atoms with Crippen molar-refractivity contribution < 1.29 is 19.1 Å². The highest BCUT2D eigenvalue weighted by Gasteiger charge is 2.56. The molecule has 22 heavy (non-hydrogen) atoms. The average molecular weight is 304 g/mol. The monoisotopic (exact) mass is 304 g/mol. The first-order valence-corrected chi connectivity index (χ1v) is 8.22. The van der Waals surface area contributed by atoms with Gasteiger partial charge >= 0.3 is 11.9 Å². The molecule has 0 aromatic carbocycles. The van der Waals surface area contributed by atoms with Gasteiger partial charge in [0.2, 0.25) is 0 Å². The highest BCUT2D eigenvalue weighted by Crippen LogP contribution is 2.62. The molecule has 3 saturated carbocycles. The van der Waals surface area contributed by atoms with Crippen LogP contribution in [-0.4, -0.2) is 25.2 Å². The van der Waals surface area contributed by atoms with Crippen molar-refractivity contribution >= 4 is 11.9 Å². The van der Waals surface area contributed by atoms with Crippen molar-refractivity contribution in [1.82, 2.24) is 0 Å². The summed E-state index contributed by atoms with van der Waals surface area (Å²) >= 11 is 0. The lowest BCUT2D eigenvalue weighted by Crippen LogP contribution is -2.29. The average Bonchev–Trinajstić information content (AvgIpc) is 3.21. The van der Waals surface area contributed by atoms with E-state index in [-0.39, 0.29) is 11.9 Å². The predicted octanol–water partition coefficient (Wildman–Crippen LogP) is 2.74. The Morgan fingerprint density at radius 1 is 0.955 bits per heavy atom. The van der Waals surface area contributed by atoms with Gasteiger partial charge in [-0.25, -0.2) is 9.59 Å². The zero-order valence-electron chi connectivity index (χ0n) is 12.9. The molecule has 0 radical (unpaired) electrons. The fourth-order valence-electron chi connectivity index (χ4n) is 5.23. The van der Waals surface area contributed by atoms with E-state index in [1.165, 1.54) is 31.4 Å². The van der Waals surface area contributed by atoms with Crippen LogP contribution in [0.5, 0.6) is 0 Å². The van der Waals surface area contributed by atoms with Gasteiger partial charge in [-0.1, -0.05) is 13.2 Å². The number of hydrogen-bond acceptors (Lipinski definition) is 4. The minimum Gasteiger partial charge on any atom is -0.462 e. The molecule has 0 aliphatic heterocycles. The van der Waals surface area contributed by atoms with E-state index in [1.54, 1.807) is 0 Å². The molecule has 120 valence electrons. The van der Waals surface area contributed by atoms with Crippen molar-refractivity contribution in [3.05, 3.63) is 25.3 Å². The summed E-state index contributed by atoms with van der Waals surface area (Å²) in [4.78, 5) is 22.7. The summed E-state index contributed by atoms with van der Waals surface area (Å²) in [6, 6.07) is 0. The summed E-state index contributed by atoms with van der Waals surface area (Å²) < 4.78 is 10.6. The van der Waals surface area contributed by atoms with Crippen molar-refractivity contribution in [2.75, 3.05) is 13.2 Å². The third-order valence-corrected chi connectivity index (χ3v) is 6.02. The van der Waals surface area contributed by atoms with Crippen LogP contribution in [0.1, 0.15) is 25.7 Å². The van der Waals surface area contributed by atoms with Crippen LogP contribution in [0.4, 0.5) is 0 Å². The normalized spacial score (nSPS) is 38.4. The number of fused-ring (bicyclic) bond motifs is 5. The van der Waals surface area contributed by atoms with Crippen LogP contribution >= 0.6 is 0 Å². The van der Waals surface area contributed by atoms with Crippen molar-refractivity contribution in [3.63, 3.8) is 0 Å². The fraction of sp³-hybridized carbons (Fsp3) is 0.667. The molecule has 6 unspecified atom stereocenters. The molecule has 0 amide bonds. The molecule has 0 saturated heterocycles. The third kappa shape index (κ3) is 2.71.